The molecular formula is C32H44O10. The van der Waals surface area contributed by atoms with Crippen LogP contribution in [0.3, 0.4) is 0 Å². The van der Waals surface area contributed by atoms with Crippen molar-refractivity contribution in [1.29, 1.82) is 0 Å². The minimum atomic E-state index is -1.97. The number of hydrogen-bond donors (Lipinski definition) is 4. The van der Waals surface area contributed by atoms with Gasteiger partial charge < -0.3 is 34.6 Å². The fourth-order valence-corrected chi connectivity index (χ4v) is 12.1. The molecule has 2 saturated heterocycles. The smallest absolute Gasteiger partial charge is 0.343 e. The van der Waals surface area contributed by atoms with Gasteiger partial charge in [0.15, 0.2) is 11.4 Å². The molecule has 7 rings (SSSR count). The Morgan fingerprint density at radius 3 is 2.26 bits per heavy atom. The fourth-order valence-electron chi connectivity index (χ4n) is 12.1. The predicted octanol–water partition coefficient (Wildman–Crippen LogP) is 1.37. The molecule has 10 nitrogen and oxygen atoms in total. The summed E-state index contributed by atoms with van der Waals surface area (Å²) in [6, 6.07) is 0. The molecule has 7 aliphatic rings. The molecule has 0 bridgehead atoms. The number of esters is 2. The summed E-state index contributed by atoms with van der Waals surface area (Å²) in [5.41, 5.74) is -6.54. The van der Waals surface area contributed by atoms with Gasteiger partial charge in [-0.2, -0.15) is 0 Å². The molecule has 6 fully saturated rings. The maximum atomic E-state index is 14.1. The van der Waals surface area contributed by atoms with Crippen molar-refractivity contribution in [3.8, 4) is 0 Å². The van der Waals surface area contributed by atoms with Gasteiger partial charge in [0, 0.05) is 36.0 Å². The lowest BCUT2D eigenvalue weighted by Crippen LogP contribution is -2.71. The van der Waals surface area contributed by atoms with Crippen molar-refractivity contribution < 1.29 is 49.0 Å². The van der Waals surface area contributed by atoms with E-state index in [4.69, 9.17) is 14.2 Å². The summed E-state index contributed by atoms with van der Waals surface area (Å²) in [5.74, 6) is -5.56. The normalized spacial score (nSPS) is 62.4. The second kappa shape index (κ2) is 8.05. The summed E-state index contributed by atoms with van der Waals surface area (Å²) in [4.78, 5) is 39.4. The van der Waals surface area contributed by atoms with Crippen LogP contribution in [0.4, 0.5) is 0 Å². The zero-order chi connectivity index (χ0) is 30.9. The SMILES string of the molecule is CC(=O)O[C@H]1[C@H]2O[C@H]2C[C@@H]2C(=O)[C@H](O)[C@@H]3[C@H]([C@H](C)[C@H](C)[C@@]4(C)[C@H]3[C@@H](O)[C@@H]3[C@@H]4[C@](C)(O)C=C4OC(=O)[C@@](C)(O)[C@@]43C)[C@]21C. The van der Waals surface area contributed by atoms with Crippen molar-refractivity contribution in [1.82, 2.24) is 0 Å². The van der Waals surface area contributed by atoms with Crippen molar-refractivity contribution in [2.45, 2.75) is 104 Å². The van der Waals surface area contributed by atoms with Crippen LogP contribution in [0.2, 0.25) is 0 Å². The summed E-state index contributed by atoms with van der Waals surface area (Å²) < 4.78 is 17.4. The topological polar surface area (TPSA) is 163 Å². The Kier molecular flexibility index (Phi) is 5.54. The summed E-state index contributed by atoms with van der Waals surface area (Å²) in [7, 11) is 0. The number of fused-ring (bicyclic) bond motifs is 10. The van der Waals surface area contributed by atoms with Gasteiger partial charge in [0.1, 0.15) is 24.1 Å². The summed E-state index contributed by atoms with van der Waals surface area (Å²) in [5, 5.41) is 48.1. The van der Waals surface area contributed by atoms with Gasteiger partial charge in [0.2, 0.25) is 0 Å². The molecule has 2 heterocycles. The Hall–Kier alpha value is -1.85. The monoisotopic (exact) mass is 588 g/mol. The first-order valence-electron chi connectivity index (χ1n) is 15.4. The van der Waals surface area contributed by atoms with Crippen LogP contribution < -0.4 is 0 Å². The maximum Gasteiger partial charge on any atom is 0.343 e. The van der Waals surface area contributed by atoms with E-state index in [1.54, 1.807) is 13.8 Å². The van der Waals surface area contributed by atoms with Gasteiger partial charge in [-0.05, 0) is 62.4 Å². The number of ether oxygens (including phenoxy) is 3. The Labute approximate surface area is 245 Å². The van der Waals surface area contributed by atoms with Crippen molar-refractivity contribution >= 4 is 17.7 Å². The molecule has 0 amide bonds. The van der Waals surface area contributed by atoms with Crippen LogP contribution in [-0.2, 0) is 28.6 Å². The van der Waals surface area contributed by atoms with Crippen LogP contribution in [0.15, 0.2) is 11.8 Å². The highest BCUT2D eigenvalue weighted by molar-refractivity contribution is 5.88. The number of carbonyl (C=O) groups is 3. The third kappa shape index (κ3) is 2.93. The van der Waals surface area contributed by atoms with E-state index < -0.39 is 87.3 Å². The molecule has 0 aromatic rings. The zero-order valence-electron chi connectivity index (χ0n) is 25.5. The van der Waals surface area contributed by atoms with Gasteiger partial charge in [0.05, 0.1) is 23.2 Å². The highest BCUT2D eigenvalue weighted by Crippen LogP contribution is 2.77. The summed E-state index contributed by atoms with van der Waals surface area (Å²) >= 11 is 0. The lowest BCUT2D eigenvalue weighted by atomic mass is 9.38. The number of Topliss-reactive ketones (excluding diaryl/α,β-unsaturated/α-hetero) is 1. The predicted molar refractivity (Wildman–Crippen MR) is 145 cm³/mol. The average molecular weight is 589 g/mol. The minimum absolute atomic E-state index is 0.123. The number of aliphatic hydroxyl groups excluding tert-OH is 2. The lowest BCUT2D eigenvalue weighted by Gasteiger charge is -2.66. The van der Waals surface area contributed by atoms with Gasteiger partial charge in [-0.15, -0.1) is 0 Å². The number of aliphatic hydroxyl groups is 4. The molecule has 0 spiro atoms. The van der Waals surface area contributed by atoms with Gasteiger partial charge >= 0.3 is 11.9 Å². The standard InChI is InChI=1S/C32H44O10/c1-11-12(2)29(5)19(23(36)20-25(29)28(4,38)10-16-31(20,7)32(8,39)27(37)42-16)17-18(11)30(6)14(21(34)22(17)35)9-15-24(41-15)26(30)40-13(3)33/h10-12,14-15,17-20,22-26,35-36,38-39H,9H2,1-8H3/t11-,12+,14-,15+,17-,18+,19-,20-,22-,23-,24+,25-,26+,28-,29+,30+,31+,32-/m1/s1. The van der Waals surface area contributed by atoms with E-state index in [0.717, 1.165) is 0 Å². The van der Waals surface area contributed by atoms with E-state index in [0.29, 0.717) is 6.42 Å². The first kappa shape index (κ1) is 28.9. The van der Waals surface area contributed by atoms with Crippen LogP contribution in [0.25, 0.3) is 0 Å². The number of ketones is 1. The van der Waals surface area contributed by atoms with Crippen molar-refractivity contribution in [3.63, 3.8) is 0 Å². The second-order valence-electron chi connectivity index (χ2n) is 15.7. The largest absolute Gasteiger partial charge is 0.459 e. The van der Waals surface area contributed by atoms with Crippen LogP contribution in [0.1, 0.15) is 61.8 Å². The molecule has 4 N–H and O–H groups in total. The Balaban J connectivity index is 1.43. The minimum Gasteiger partial charge on any atom is -0.459 e. The quantitative estimate of drug-likeness (QED) is 0.260. The van der Waals surface area contributed by atoms with Gasteiger partial charge in [-0.25, -0.2) is 4.79 Å². The molecule has 42 heavy (non-hydrogen) atoms. The molecular weight excluding hydrogens is 544 g/mol. The first-order valence-corrected chi connectivity index (χ1v) is 15.4. The summed E-state index contributed by atoms with van der Waals surface area (Å²) in [6.07, 6.45) is -1.85. The van der Waals surface area contributed by atoms with Crippen LogP contribution in [0, 0.1) is 63.6 Å². The van der Waals surface area contributed by atoms with E-state index in [2.05, 4.69) is 13.8 Å². The number of rotatable bonds is 1. The Morgan fingerprint density at radius 1 is 1.00 bits per heavy atom. The number of carbonyl (C=O) groups excluding carboxylic acids is 3. The van der Waals surface area contributed by atoms with E-state index in [-0.39, 0.29) is 41.5 Å². The third-order valence-electron chi connectivity index (χ3n) is 14.3. The maximum absolute atomic E-state index is 14.1. The molecule has 5 aliphatic carbocycles. The van der Waals surface area contributed by atoms with E-state index in [1.807, 2.05) is 13.8 Å². The van der Waals surface area contributed by atoms with Crippen molar-refractivity contribution in [3.05, 3.63) is 11.8 Å². The first-order chi connectivity index (χ1) is 19.3. The molecule has 0 aromatic heterocycles. The zero-order valence-corrected chi connectivity index (χ0v) is 25.5. The second-order valence-corrected chi connectivity index (χ2v) is 15.7. The highest BCUT2D eigenvalue weighted by Gasteiger charge is 2.82. The van der Waals surface area contributed by atoms with Crippen molar-refractivity contribution in [2.24, 2.45) is 63.6 Å². The van der Waals surface area contributed by atoms with Gasteiger partial charge in [0.25, 0.3) is 0 Å². The van der Waals surface area contributed by atoms with Crippen molar-refractivity contribution in [2.75, 3.05) is 0 Å². The third-order valence-corrected chi connectivity index (χ3v) is 14.3. The molecule has 4 saturated carbocycles. The van der Waals surface area contributed by atoms with Crippen LogP contribution in [0.5, 0.6) is 0 Å². The lowest BCUT2D eigenvalue weighted by molar-refractivity contribution is -0.236. The van der Waals surface area contributed by atoms with Crippen LogP contribution >= 0.6 is 0 Å². The molecule has 18 atom stereocenters. The molecule has 10 heteroatoms. The Bertz CT molecular complexity index is 1320. The molecule has 2 aliphatic heterocycles. The van der Waals surface area contributed by atoms with E-state index >= 15 is 0 Å². The van der Waals surface area contributed by atoms with E-state index in [9.17, 15) is 34.8 Å². The van der Waals surface area contributed by atoms with Gasteiger partial charge in [-0.3, -0.25) is 9.59 Å². The number of hydrogen-bond acceptors (Lipinski definition) is 10. The molecule has 232 valence electrons. The van der Waals surface area contributed by atoms with E-state index in [1.165, 1.54) is 19.9 Å². The van der Waals surface area contributed by atoms with Crippen LogP contribution in [-0.4, -0.2) is 79.9 Å². The molecule has 0 aromatic carbocycles. The molecule has 0 unspecified atom stereocenters. The fraction of sp³-hybridized carbons (Fsp3) is 0.844. The molecule has 0 radical (unpaired) electrons. The summed E-state index contributed by atoms with van der Waals surface area (Å²) in [6.45, 7) is 14.3. The average Bonchev–Trinajstić information content (AvgIpc) is 3.58. The Morgan fingerprint density at radius 2 is 1.64 bits per heavy atom. The number of epoxide rings is 1. The highest BCUT2D eigenvalue weighted by atomic mass is 16.6. The van der Waals surface area contributed by atoms with Gasteiger partial charge in [-0.1, -0.05) is 27.7 Å².